The van der Waals surface area contributed by atoms with Gasteiger partial charge >= 0.3 is 0 Å². The fourth-order valence-corrected chi connectivity index (χ4v) is 3.20. The Morgan fingerprint density at radius 1 is 1.22 bits per heavy atom. The molecule has 0 bridgehead atoms. The van der Waals surface area contributed by atoms with Crippen molar-refractivity contribution in [1.29, 1.82) is 0 Å². The molecule has 1 amide bonds. The van der Waals surface area contributed by atoms with Crippen LogP contribution < -0.4 is 4.74 Å². The third kappa shape index (κ3) is 2.97. The summed E-state index contributed by atoms with van der Waals surface area (Å²) in [5, 5.41) is 5.14. The fraction of sp³-hybridized carbons (Fsp3) is 0.200. The van der Waals surface area contributed by atoms with Crippen molar-refractivity contribution in [3.05, 3.63) is 60.0 Å². The lowest BCUT2D eigenvalue weighted by Crippen LogP contribution is -2.26. The molecule has 0 N–H and O–H groups in total. The van der Waals surface area contributed by atoms with Gasteiger partial charge in [0, 0.05) is 38.4 Å². The number of aromatic nitrogens is 4. The predicted molar refractivity (Wildman–Crippen MR) is 103 cm³/mol. The third-order valence-electron chi connectivity index (χ3n) is 4.64. The maximum Gasteiger partial charge on any atom is 0.255 e. The molecule has 27 heavy (non-hydrogen) atoms. The number of carbonyl (C=O) groups excluding carboxylic acids is 1. The largest absolute Gasteiger partial charge is 0.494 e. The van der Waals surface area contributed by atoms with Gasteiger partial charge in [-0.3, -0.25) is 19.4 Å². The summed E-state index contributed by atoms with van der Waals surface area (Å²) < 4.78 is 7.10. The van der Waals surface area contributed by atoms with Gasteiger partial charge in [-0.25, -0.2) is 0 Å². The zero-order valence-electron chi connectivity index (χ0n) is 15.4. The van der Waals surface area contributed by atoms with Crippen LogP contribution in [0.2, 0.25) is 0 Å². The maximum atomic E-state index is 12.9. The van der Waals surface area contributed by atoms with Gasteiger partial charge in [0.25, 0.3) is 5.91 Å². The van der Waals surface area contributed by atoms with Gasteiger partial charge in [0.1, 0.15) is 16.8 Å². The molecule has 0 atom stereocenters. The van der Waals surface area contributed by atoms with E-state index in [4.69, 9.17) is 4.74 Å². The number of hydrogen-bond acceptors (Lipinski definition) is 5. The van der Waals surface area contributed by atoms with Crippen LogP contribution in [-0.4, -0.2) is 44.7 Å². The summed E-state index contributed by atoms with van der Waals surface area (Å²) in [6.45, 7) is 0.453. The highest BCUT2D eigenvalue weighted by Crippen LogP contribution is 2.27. The molecule has 0 saturated carbocycles. The van der Waals surface area contributed by atoms with E-state index in [-0.39, 0.29) is 5.91 Å². The molecule has 0 saturated heterocycles. The Labute approximate surface area is 156 Å². The second kappa shape index (κ2) is 6.68. The van der Waals surface area contributed by atoms with Crippen LogP contribution >= 0.6 is 0 Å². The van der Waals surface area contributed by atoms with Crippen LogP contribution in [0.1, 0.15) is 15.9 Å². The molecule has 0 unspecified atom stereocenters. The highest BCUT2D eigenvalue weighted by atomic mass is 16.5. The van der Waals surface area contributed by atoms with E-state index in [0.717, 1.165) is 27.5 Å². The third-order valence-corrected chi connectivity index (χ3v) is 4.64. The fourth-order valence-electron chi connectivity index (χ4n) is 3.20. The van der Waals surface area contributed by atoms with Gasteiger partial charge in [-0.05, 0) is 23.8 Å². The number of ether oxygens (including phenoxy) is 1. The van der Waals surface area contributed by atoms with Crippen LogP contribution in [0.25, 0.3) is 21.9 Å². The van der Waals surface area contributed by atoms with Gasteiger partial charge in [0.2, 0.25) is 0 Å². The Morgan fingerprint density at radius 3 is 2.89 bits per heavy atom. The normalized spacial score (nSPS) is 11.1. The minimum atomic E-state index is -0.0986. The number of aryl methyl sites for hydroxylation is 1. The predicted octanol–water partition coefficient (Wildman–Crippen LogP) is 2.80. The van der Waals surface area contributed by atoms with Gasteiger partial charge in [0.15, 0.2) is 0 Å². The van der Waals surface area contributed by atoms with Crippen molar-refractivity contribution in [2.45, 2.75) is 6.54 Å². The first kappa shape index (κ1) is 17.0. The highest BCUT2D eigenvalue weighted by molar-refractivity contribution is 5.97. The van der Waals surface area contributed by atoms with Crippen LogP contribution in [0.5, 0.6) is 5.75 Å². The molecule has 0 aliphatic heterocycles. The van der Waals surface area contributed by atoms with E-state index in [1.807, 2.05) is 37.4 Å². The highest BCUT2D eigenvalue weighted by Gasteiger charge is 2.16. The van der Waals surface area contributed by atoms with Gasteiger partial charge < -0.3 is 9.64 Å². The Bertz CT molecular complexity index is 1150. The molecular formula is C20H19N5O2. The molecule has 0 fully saturated rings. The number of rotatable bonds is 4. The van der Waals surface area contributed by atoms with Crippen LogP contribution in [-0.2, 0) is 13.6 Å². The van der Waals surface area contributed by atoms with Crippen molar-refractivity contribution in [2.75, 3.05) is 14.2 Å². The van der Waals surface area contributed by atoms with Gasteiger partial charge in [0.05, 0.1) is 24.4 Å². The number of methoxy groups -OCH3 is 1. The summed E-state index contributed by atoms with van der Waals surface area (Å²) in [5.41, 5.74) is 3.92. The molecule has 0 radical (unpaired) electrons. The Hall–Kier alpha value is -3.48. The summed E-state index contributed by atoms with van der Waals surface area (Å²) in [6, 6.07) is 9.54. The van der Waals surface area contributed by atoms with Gasteiger partial charge in [-0.1, -0.05) is 12.1 Å². The Kier molecular flexibility index (Phi) is 4.19. The minimum absolute atomic E-state index is 0.0986. The maximum absolute atomic E-state index is 12.9. The molecule has 0 spiro atoms. The number of nitrogens with zero attached hydrogens (tertiary/aromatic N) is 5. The van der Waals surface area contributed by atoms with E-state index in [2.05, 4.69) is 15.1 Å². The first-order valence-corrected chi connectivity index (χ1v) is 8.52. The van der Waals surface area contributed by atoms with Crippen molar-refractivity contribution in [3.63, 3.8) is 0 Å². The number of carbonyl (C=O) groups is 1. The molecule has 4 aromatic rings. The lowest BCUT2D eigenvalue weighted by atomic mass is 10.1. The first-order valence-electron chi connectivity index (χ1n) is 8.52. The molecule has 0 aliphatic rings. The van der Waals surface area contributed by atoms with E-state index < -0.39 is 0 Å². The van der Waals surface area contributed by atoms with Crippen molar-refractivity contribution in [2.24, 2.45) is 7.05 Å². The average Bonchev–Trinajstić information content (AvgIpc) is 3.08. The van der Waals surface area contributed by atoms with Crippen LogP contribution in [0.15, 0.2) is 48.9 Å². The van der Waals surface area contributed by atoms with Crippen molar-refractivity contribution >= 4 is 27.8 Å². The molecule has 7 heteroatoms. The monoisotopic (exact) mass is 361 g/mol. The summed E-state index contributed by atoms with van der Waals surface area (Å²) in [4.78, 5) is 23.3. The molecule has 3 heterocycles. The molecule has 7 nitrogen and oxygen atoms in total. The van der Waals surface area contributed by atoms with Gasteiger partial charge in [-0.15, -0.1) is 0 Å². The summed E-state index contributed by atoms with van der Waals surface area (Å²) in [7, 11) is 5.24. The lowest BCUT2D eigenvalue weighted by Gasteiger charge is -2.19. The van der Waals surface area contributed by atoms with Crippen molar-refractivity contribution in [3.8, 4) is 5.75 Å². The van der Waals surface area contributed by atoms with E-state index in [9.17, 15) is 4.79 Å². The minimum Gasteiger partial charge on any atom is -0.494 e. The number of hydrogen-bond donors (Lipinski definition) is 0. The second-order valence-electron chi connectivity index (χ2n) is 6.38. The summed E-state index contributed by atoms with van der Waals surface area (Å²) in [6.07, 6.45) is 5.01. The zero-order valence-corrected chi connectivity index (χ0v) is 15.4. The Morgan fingerprint density at radius 2 is 2.07 bits per heavy atom. The standard InChI is InChI=1S/C20H19N5O2/c1-24(20(26)14-9-17-16(22-10-14)11-23-25(17)2)12-13-6-7-18(27-3)19-15(13)5-4-8-21-19/h4-11H,12H2,1-3H3. The Balaban J connectivity index is 1.65. The van der Waals surface area contributed by atoms with Gasteiger partial charge in [-0.2, -0.15) is 5.10 Å². The van der Waals surface area contributed by atoms with E-state index in [1.165, 1.54) is 0 Å². The van der Waals surface area contributed by atoms with E-state index >= 15 is 0 Å². The second-order valence-corrected chi connectivity index (χ2v) is 6.38. The quantitative estimate of drug-likeness (QED) is 0.559. The van der Waals surface area contributed by atoms with E-state index in [1.54, 1.807) is 42.3 Å². The SMILES string of the molecule is COc1ccc(CN(C)C(=O)c2cnc3cnn(C)c3c2)c2cccnc12. The lowest BCUT2D eigenvalue weighted by molar-refractivity contribution is 0.0785. The van der Waals surface area contributed by atoms with Crippen molar-refractivity contribution in [1.82, 2.24) is 24.6 Å². The van der Waals surface area contributed by atoms with Crippen molar-refractivity contribution < 1.29 is 9.53 Å². The van der Waals surface area contributed by atoms with Crippen LogP contribution in [0.4, 0.5) is 0 Å². The number of pyridine rings is 2. The molecule has 136 valence electrons. The average molecular weight is 361 g/mol. The molecule has 4 rings (SSSR count). The zero-order chi connectivity index (χ0) is 19.0. The topological polar surface area (TPSA) is 73.1 Å². The summed E-state index contributed by atoms with van der Waals surface area (Å²) in [5.74, 6) is 0.618. The summed E-state index contributed by atoms with van der Waals surface area (Å²) >= 11 is 0. The van der Waals surface area contributed by atoms with Crippen LogP contribution in [0.3, 0.4) is 0 Å². The first-order chi connectivity index (χ1) is 13.1. The molecule has 1 aromatic carbocycles. The van der Waals surface area contributed by atoms with Crippen LogP contribution in [0, 0.1) is 0 Å². The molecule has 3 aromatic heterocycles. The number of amides is 1. The smallest absolute Gasteiger partial charge is 0.255 e. The molecule has 0 aliphatic carbocycles. The number of fused-ring (bicyclic) bond motifs is 2. The number of benzene rings is 1. The molecular weight excluding hydrogens is 342 g/mol. The van der Waals surface area contributed by atoms with E-state index in [0.29, 0.717) is 17.9 Å².